The zero-order valence-corrected chi connectivity index (χ0v) is 18.1. The third-order valence-electron chi connectivity index (χ3n) is 5.27. The summed E-state index contributed by atoms with van der Waals surface area (Å²) in [6.45, 7) is 1.28. The highest BCUT2D eigenvalue weighted by molar-refractivity contribution is 7.98. The van der Waals surface area contributed by atoms with Gasteiger partial charge in [0.1, 0.15) is 5.75 Å². The summed E-state index contributed by atoms with van der Waals surface area (Å²) in [5, 5.41) is 0. The van der Waals surface area contributed by atoms with Gasteiger partial charge in [0.05, 0.1) is 32.7 Å². The van der Waals surface area contributed by atoms with Gasteiger partial charge < -0.3 is 18.8 Å². The van der Waals surface area contributed by atoms with E-state index in [1.807, 2.05) is 47.1 Å². The predicted octanol–water partition coefficient (Wildman–Crippen LogP) is 4.57. The maximum atomic E-state index is 6.51. The highest BCUT2D eigenvalue weighted by Gasteiger charge is 2.41. The first-order valence-corrected chi connectivity index (χ1v) is 11.4. The molecule has 158 valence electrons. The molecule has 0 spiro atoms. The summed E-state index contributed by atoms with van der Waals surface area (Å²) < 4.78 is 20.1. The third-order valence-corrected chi connectivity index (χ3v) is 6.41. The number of hydrogen-bond donors (Lipinski definition) is 0. The van der Waals surface area contributed by atoms with E-state index >= 15 is 0 Å². The molecule has 4 rings (SSSR count). The van der Waals surface area contributed by atoms with Crippen molar-refractivity contribution >= 4 is 11.8 Å². The predicted molar refractivity (Wildman–Crippen MR) is 120 cm³/mol. The van der Waals surface area contributed by atoms with Gasteiger partial charge in [-0.3, -0.25) is 0 Å². The second-order valence-electron chi connectivity index (χ2n) is 7.55. The van der Waals surface area contributed by atoms with Crippen LogP contribution < -0.4 is 4.74 Å². The molecule has 1 fully saturated rings. The Labute approximate surface area is 182 Å². The van der Waals surface area contributed by atoms with Crippen LogP contribution in [0, 0.1) is 0 Å². The molecule has 2 unspecified atom stereocenters. The molecule has 0 amide bonds. The molecule has 2 atom stereocenters. The van der Waals surface area contributed by atoms with Crippen LogP contribution in [0.1, 0.15) is 17.5 Å². The number of imidazole rings is 1. The maximum absolute atomic E-state index is 6.51. The molecule has 1 aliphatic rings. The van der Waals surface area contributed by atoms with Crippen LogP contribution >= 0.6 is 11.8 Å². The first-order valence-electron chi connectivity index (χ1n) is 10.3. The molecule has 3 aromatic rings. The van der Waals surface area contributed by atoms with Gasteiger partial charge in [0.2, 0.25) is 0 Å². The number of thioether (sulfide) groups is 1. The van der Waals surface area contributed by atoms with E-state index in [4.69, 9.17) is 14.2 Å². The molecule has 1 saturated heterocycles. The van der Waals surface area contributed by atoms with Gasteiger partial charge in [-0.2, -0.15) is 11.8 Å². The van der Waals surface area contributed by atoms with E-state index in [0.717, 1.165) is 30.1 Å². The van der Waals surface area contributed by atoms with Gasteiger partial charge in [-0.05, 0) is 29.7 Å². The summed E-state index contributed by atoms with van der Waals surface area (Å²) in [6.07, 6.45) is 7.40. The molecule has 6 heteroatoms. The molecule has 0 radical (unpaired) electrons. The Bertz CT molecular complexity index is 887. The molecule has 0 bridgehead atoms. The lowest BCUT2D eigenvalue weighted by atomic mass is 10.0. The fraction of sp³-hybridized carbons (Fsp3) is 0.375. The van der Waals surface area contributed by atoms with Gasteiger partial charge in [-0.15, -0.1) is 0 Å². The summed E-state index contributed by atoms with van der Waals surface area (Å²) in [5.41, 5.74) is 2.58. The number of aryl methyl sites for hydroxylation is 1. The van der Waals surface area contributed by atoms with Gasteiger partial charge in [0.15, 0.2) is 5.79 Å². The Morgan fingerprint density at radius 3 is 2.70 bits per heavy atom. The van der Waals surface area contributed by atoms with Crippen molar-refractivity contribution in [1.82, 2.24) is 9.55 Å². The van der Waals surface area contributed by atoms with Crippen molar-refractivity contribution in [3.63, 3.8) is 0 Å². The lowest BCUT2D eigenvalue weighted by molar-refractivity contribution is -0.180. The fourth-order valence-electron chi connectivity index (χ4n) is 3.66. The number of aromatic nitrogens is 2. The lowest BCUT2D eigenvalue weighted by Crippen LogP contribution is -2.37. The summed E-state index contributed by atoms with van der Waals surface area (Å²) >= 11 is 1.88. The highest BCUT2D eigenvalue weighted by atomic mass is 32.2. The number of methoxy groups -OCH3 is 1. The Morgan fingerprint density at radius 2 is 1.97 bits per heavy atom. The minimum Gasteiger partial charge on any atom is -0.497 e. The summed E-state index contributed by atoms with van der Waals surface area (Å²) in [6, 6.07) is 18.7. The minimum absolute atomic E-state index is 0.0903. The Kier molecular flexibility index (Phi) is 7.10. The van der Waals surface area contributed by atoms with Gasteiger partial charge in [-0.1, -0.05) is 42.5 Å². The topological polar surface area (TPSA) is 45.5 Å². The van der Waals surface area contributed by atoms with Crippen LogP contribution in [0.25, 0.3) is 0 Å². The van der Waals surface area contributed by atoms with Gasteiger partial charge in [-0.25, -0.2) is 4.98 Å². The Hall–Kier alpha value is -2.28. The van der Waals surface area contributed by atoms with E-state index in [0.29, 0.717) is 13.2 Å². The van der Waals surface area contributed by atoms with Crippen LogP contribution in [-0.4, -0.2) is 40.9 Å². The van der Waals surface area contributed by atoms with E-state index in [-0.39, 0.29) is 6.10 Å². The SMILES string of the molecule is COc1ccc(CSCC2COC(CCc3ccccc3)(Cn3ccnc3)O2)cc1. The van der Waals surface area contributed by atoms with E-state index in [9.17, 15) is 0 Å². The molecule has 0 aliphatic carbocycles. The average Bonchev–Trinajstić information content (AvgIpc) is 3.44. The second kappa shape index (κ2) is 10.2. The number of benzene rings is 2. The van der Waals surface area contributed by atoms with Crippen molar-refractivity contribution in [1.29, 1.82) is 0 Å². The number of hydrogen-bond acceptors (Lipinski definition) is 5. The van der Waals surface area contributed by atoms with Crippen LogP contribution in [0.4, 0.5) is 0 Å². The molecule has 5 nitrogen and oxygen atoms in total. The zero-order valence-electron chi connectivity index (χ0n) is 17.3. The van der Waals surface area contributed by atoms with Crippen molar-refractivity contribution in [2.75, 3.05) is 19.5 Å². The second-order valence-corrected chi connectivity index (χ2v) is 8.58. The number of ether oxygens (including phenoxy) is 3. The van der Waals surface area contributed by atoms with Crippen molar-refractivity contribution in [2.45, 2.75) is 37.0 Å². The largest absolute Gasteiger partial charge is 0.497 e. The molecule has 0 saturated carbocycles. The maximum Gasteiger partial charge on any atom is 0.187 e. The first kappa shape index (κ1) is 21.0. The van der Waals surface area contributed by atoms with Gasteiger partial charge in [0, 0.05) is 30.3 Å². The molecular formula is C24H28N2O3S. The summed E-state index contributed by atoms with van der Waals surface area (Å²) in [7, 11) is 1.69. The van der Waals surface area contributed by atoms with E-state index in [1.54, 1.807) is 13.3 Å². The average molecular weight is 425 g/mol. The molecule has 2 heterocycles. The summed E-state index contributed by atoms with van der Waals surface area (Å²) in [5.74, 6) is 2.13. The van der Waals surface area contributed by atoms with Crippen molar-refractivity contribution < 1.29 is 14.2 Å². The van der Waals surface area contributed by atoms with Crippen LogP contribution in [0.5, 0.6) is 5.75 Å². The van der Waals surface area contributed by atoms with Gasteiger partial charge >= 0.3 is 0 Å². The van der Waals surface area contributed by atoms with Crippen LogP contribution in [0.2, 0.25) is 0 Å². The smallest absolute Gasteiger partial charge is 0.187 e. The molecule has 0 N–H and O–H groups in total. The van der Waals surface area contributed by atoms with Crippen LogP contribution in [0.3, 0.4) is 0 Å². The van der Waals surface area contributed by atoms with Crippen LogP contribution in [0.15, 0.2) is 73.3 Å². The number of nitrogens with zero attached hydrogens (tertiary/aromatic N) is 2. The Morgan fingerprint density at radius 1 is 1.13 bits per heavy atom. The third kappa shape index (κ3) is 5.65. The van der Waals surface area contributed by atoms with E-state index < -0.39 is 5.79 Å². The fourth-order valence-corrected chi connectivity index (χ4v) is 4.63. The molecular weight excluding hydrogens is 396 g/mol. The van der Waals surface area contributed by atoms with Crippen molar-refractivity contribution in [3.8, 4) is 5.75 Å². The van der Waals surface area contributed by atoms with E-state index in [2.05, 4.69) is 41.4 Å². The Balaban J connectivity index is 1.33. The van der Waals surface area contributed by atoms with Crippen LogP contribution in [-0.2, 0) is 28.2 Å². The molecule has 1 aliphatic heterocycles. The number of rotatable bonds is 10. The molecule has 30 heavy (non-hydrogen) atoms. The minimum atomic E-state index is -0.609. The monoisotopic (exact) mass is 424 g/mol. The summed E-state index contributed by atoms with van der Waals surface area (Å²) in [4.78, 5) is 4.17. The van der Waals surface area contributed by atoms with Crippen molar-refractivity contribution in [2.24, 2.45) is 0 Å². The molecule has 2 aromatic carbocycles. The molecule has 1 aromatic heterocycles. The van der Waals surface area contributed by atoms with Gasteiger partial charge in [0.25, 0.3) is 0 Å². The quantitative estimate of drug-likeness (QED) is 0.477. The highest BCUT2D eigenvalue weighted by Crippen LogP contribution is 2.32. The lowest BCUT2D eigenvalue weighted by Gasteiger charge is -2.28. The first-order chi connectivity index (χ1) is 14.7. The van der Waals surface area contributed by atoms with E-state index in [1.165, 1.54) is 11.1 Å². The van der Waals surface area contributed by atoms with Crippen molar-refractivity contribution in [3.05, 3.63) is 84.4 Å². The zero-order chi connectivity index (χ0) is 20.7. The standard InChI is InChI=1S/C24H28N2O3S/c1-27-22-9-7-21(8-10-22)16-30-17-23-15-28-24(29-23,18-26-14-13-25-19-26)12-11-20-5-3-2-4-6-20/h2-10,13-14,19,23H,11-12,15-18H2,1H3. The normalized spacial score (nSPS) is 21.0.